The molecule has 0 unspecified atom stereocenters. The molecule has 0 aliphatic heterocycles. The summed E-state index contributed by atoms with van der Waals surface area (Å²) < 4.78 is 10.9. The third kappa shape index (κ3) is 2.42. The number of fused-ring (bicyclic) bond motifs is 5. The molecule has 3 heteroatoms. The standard InChI is InChI=1S/C30H23N2O/c1-18-16-24-23-17-22(33-21-9-5-4-6-10-21)12-13-25(23)32-26-11-7-8-20-14-15-31(3)30(28(20)26)27(19(18)2)29(24)32/h4-17H,1-3H3/q+1. The minimum Gasteiger partial charge on any atom is -0.457 e. The second-order valence-electron chi connectivity index (χ2n) is 9.04. The van der Waals surface area contributed by atoms with Gasteiger partial charge in [-0.05, 0) is 72.8 Å². The van der Waals surface area contributed by atoms with E-state index in [-0.39, 0.29) is 0 Å². The highest BCUT2D eigenvalue weighted by atomic mass is 16.5. The summed E-state index contributed by atoms with van der Waals surface area (Å²) in [6, 6.07) is 27.6. The fourth-order valence-electron chi connectivity index (χ4n) is 5.50. The molecule has 3 heterocycles. The number of benzene rings is 4. The monoisotopic (exact) mass is 427 g/mol. The van der Waals surface area contributed by atoms with Crippen LogP contribution in [0.5, 0.6) is 11.5 Å². The van der Waals surface area contributed by atoms with Crippen molar-refractivity contribution >= 4 is 49.0 Å². The Labute approximate surface area is 191 Å². The van der Waals surface area contributed by atoms with E-state index in [1.807, 2.05) is 30.3 Å². The van der Waals surface area contributed by atoms with Crippen molar-refractivity contribution in [3.05, 3.63) is 96.2 Å². The summed E-state index contributed by atoms with van der Waals surface area (Å²) in [5.41, 5.74) is 7.68. The maximum Gasteiger partial charge on any atom is 0.224 e. The van der Waals surface area contributed by atoms with Crippen LogP contribution in [-0.2, 0) is 7.05 Å². The number of aromatic nitrogens is 2. The van der Waals surface area contributed by atoms with E-state index >= 15 is 0 Å². The SMILES string of the molecule is Cc1cc2c3cc(Oc4ccccc4)ccc3n3c4cccc5cc[n+](C)c(c(c1C)c23)c54. The third-order valence-electron chi connectivity index (χ3n) is 7.14. The molecule has 0 fully saturated rings. The van der Waals surface area contributed by atoms with E-state index < -0.39 is 0 Å². The van der Waals surface area contributed by atoms with Crippen LogP contribution in [0.3, 0.4) is 0 Å². The first-order valence-corrected chi connectivity index (χ1v) is 11.4. The summed E-state index contributed by atoms with van der Waals surface area (Å²) in [7, 11) is 2.16. The first-order chi connectivity index (χ1) is 16.1. The fourth-order valence-corrected chi connectivity index (χ4v) is 5.50. The van der Waals surface area contributed by atoms with Crippen LogP contribution in [0.2, 0.25) is 0 Å². The van der Waals surface area contributed by atoms with Crippen molar-refractivity contribution < 1.29 is 9.30 Å². The quantitative estimate of drug-likeness (QED) is 0.162. The normalized spacial score (nSPS) is 12.1. The molecular formula is C30H23N2O+. The van der Waals surface area contributed by atoms with Crippen LogP contribution < -0.4 is 9.30 Å². The number of hydrogen-bond donors (Lipinski definition) is 0. The molecule has 0 aliphatic rings. The molecule has 0 atom stereocenters. The van der Waals surface area contributed by atoms with Gasteiger partial charge in [0.1, 0.15) is 18.5 Å². The molecule has 0 bridgehead atoms. The molecule has 33 heavy (non-hydrogen) atoms. The van der Waals surface area contributed by atoms with Gasteiger partial charge in [-0.1, -0.05) is 30.3 Å². The van der Waals surface area contributed by atoms with Crippen molar-refractivity contribution in [3.8, 4) is 11.5 Å². The Bertz CT molecular complexity index is 1860. The average molecular weight is 428 g/mol. The van der Waals surface area contributed by atoms with E-state index in [2.05, 4.69) is 84.6 Å². The van der Waals surface area contributed by atoms with Crippen LogP contribution in [0.4, 0.5) is 0 Å². The smallest absolute Gasteiger partial charge is 0.224 e. The van der Waals surface area contributed by atoms with Crippen LogP contribution in [0.1, 0.15) is 11.1 Å². The molecule has 158 valence electrons. The summed E-state index contributed by atoms with van der Waals surface area (Å²) in [6.45, 7) is 4.47. The van der Waals surface area contributed by atoms with Gasteiger partial charge in [-0.25, -0.2) is 4.57 Å². The van der Waals surface area contributed by atoms with Gasteiger partial charge in [-0.3, -0.25) is 0 Å². The molecule has 0 saturated carbocycles. The lowest BCUT2D eigenvalue weighted by molar-refractivity contribution is -0.643. The van der Waals surface area contributed by atoms with Crippen molar-refractivity contribution in [2.45, 2.75) is 13.8 Å². The first-order valence-electron chi connectivity index (χ1n) is 11.4. The van der Waals surface area contributed by atoms with Gasteiger partial charge < -0.3 is 9.14 Å². The minimum absolute atomic E-state index is 0.849. The van der Waals surface area contributed by atoms with Gasteiger partial charge in [0, 0.05) is 16.8 Å². The summed E-state index contributed by atoms with van der Waals surface area (Å²) in [6.07, 6.45) is 2.18. The van der Waals surface area contributed by atoms with Crippen molar-refractivity contribution in [1.82, 2.24) is 4.40 Å². The van der Waals surface area contributed by atoms with Crippen LogP contribution in [-0.4, -0.2) is 4.40 Å². The van der Waals surface area contributed by atoms with Gasteiger partial charge in [-0.15, -0.1) is 0 Å². The van der Waals surface area contributed by atoms with Gasteiger partial charge in [0.25, 0.3) is 0 Å². The number of hydrogen-bond acceptors (Lipinski definition) is 1. The van der Waals surface area contributed by atoms with Gasteiger partial charge in [-0.2, -0.15) is 0 Å². The molecule has 0 spiro atoms. The Balaban J connectivity index is 1.70. The third-order valence-corrected chi connectivity index (χ3v) is 7.14. The molecule has 4 aromatic carbocycles. The number of para-hydroxylation sites is 1. The number of pyridine rings is 2. The zero-order valence-corrected chi connectivity index (χ0v) is 18.9. The van der Waals surface area contributed by atoms with Crippen molar-refractivity contribution in [2.24, 2.45) is 7.05 Å². The topological polar surface area (TPSA) is 17.5 Å². The van der Waals surface area contributed by atoms with Crippen molar-refractivity contribution in [2.75, 3.05) is 0 Å². The second-order valence-corrected chi connectivity index (χ2v) is 9.04. The van der Waals surface area contributed by atoms with Crippen LogP contribution in [0.15, 0.2) is 85.1 Å². The highest BCUT2D eigenvalue weighted by Crippen LogP contribution is 2.42. The van der Waals surface area contributed by atoms with Gasteiger partial charge in [0.2, 0.25) is 5.52 Å². The molecule has 0 radical (unpaired) electrons. The molecular weight excluding hydrogens is 404 g/mol. The van der Waals surface area contributed by atoms with Crippen LogP contribution in [0.25, 0.3) is 49.0 Å². The number of ether oxygens (including phenoxy) is 1. The maximum atomic E-state index is 6.20. The zero-order valence-electron chi connectivity index (χ0n) is 18.9. The Morgan fingerprint density at radius 1 is 0.727 bits per heavy atom. The Kier molecular flexibility index (Phi) is 3.61. The lowest BCUT2D eigenvalue weighted by Gasteiger charge is -2.13. The number of nitrogens with zero attached hydrogens (tertiary/aromatic N) is 2. The molecule has 3 aromatic heterocycles. The minimum atomic E-state index is 0.849. The molecule has 0 N–H and O–H groups in total. The molecule has 0 saturated heterocycles. The lowest BCUT2D eigenvalue weighted by Crippen LogP contribution is -2.29. The molecule has 7 aromatic rings. The molecule has 0 amide bonds. The summed E-state index contributed by atoms with van der Waals surface area (Å²) >= 11 is 0. The lowest BCUT2D eigenvalue weighted by atomic mass is 9.96. The highest BCUT2D eigenvalue weighted by molar-refractivity contribution is 6.26. The van der Waals surface area contributed by atoms with Gasteiger partial charge in [0.05, 0.1) is 27.3 Å². The predicted octanol–water partition coefficient (Wildman–Crippen LogP) is 7.22. The van der Waals surface area contributed by atoms with Crippen LogP contribution in [0, 0.1) is 13.8 Å². The first kappa shape index (κ1) is 18.5. The summed E-state index contributed by atoms with van der Waals surface area (Å²) in [4.78, 5) is 0. The maximum absolute atomic E-state index is 6.20. The van der Waals surface area contributed by atoms with Gasteiger partial charge in [0.15, 0.2) is 6.20 Å². The highest BCUT2D eigenvalue weighted by Gasteiger charge is 2.24. The Morgan fingerprint density at radius 2 is 1.58 bits per heavy atom. The molecule has 0 aliphatic carbocycles. The predicted molar refractivity (Wildman–Crippen MR) is 136 cm³/mol. The molecule has 7 rings (SSSR count). The van der Waals surface area contributed by atoms with E-state index in [4.69, 9.17) is 4.74 Å². The average Bonchev–Trinajstić information content (AvgIpc) is 3.15. The molecule has 3 nitrogen and oxygen atoms in total. The Morgan fingerprint density at radius 3 is 2.42 bits per heavy atom. The van der Waals surface area contributed by atoms with E-state index in [0.717, 1.165) is 11.5 Å². The second kappa shape index (κ2) is 6.46. The van der Waals surface area contributed by atoms with Gasteiger partial charge >= 0.3 is 0 Å². The number of aryl methyl sites for hydroxylation is 3. The fraction of sp³-hybridized carbons (Fsp3) is 0.100. The van der Waals surface area contributed by atoms with Crippen LogP contribution >= 0.6 is 0 Å². The van der Waals surface area contributed by atoms with E-state index in [1.54, 1.807) is 0 Å². The summed E-state index contributed by atoms with van der Waals surface area (Å²) in [5.74, 6) is 1.70. The summed E-state index contributed by atoms with van der Waals surface area (Å²) in [5, 5.41) is 6.40. The van der Waals surface area contributed by atoms with Crippen molar-refractivity contribution in [3.63, 3.8) is 0 Å². The van der Waals surface area contributed by atoms with E-state index in [0.29, 0.717) is 0 Å². The van der Waals surface area contributed by atoms with E-state index in [1.165, 1.54) is 60.1 Å². The van der Waals surface area contributed by atoms with Crippen molar-refractivity contribution in [1.29, 1.82) is 0 Å². The largest absolute Gasteiger partial charge is 0.457 e. The Hall–Kier alpha value is -4.11. The zero-order chi connectivity index (χ0) is 22.3. The van der Waals surface area contributed by atoms with E-state index in [9.17, 15) is 0 Å². The number of rotatable bonds is 2.